The molecule has 0 N–H and O–H groups in total. The Hall–Kier alpha value is -1.53. The van der Waals surface area contributed by atoms with Gasteiger partial charge in [0.05, 0.1) is 18.7 Å². The number of aromatic nitrogens is 1. The third-order valence-electron chi connectivity index (χ3n) is 3.39. The second-order valence-corrected chi connectivity index (χ2v) is 5.42. The quantitative estimate of drug-likeness (QED) is 0.808. The van der Waals surface area contributed by atoms with E-state index in [4.69, 9.17) is 9.15 Å². The van der Waals surface area contributed by atoms with Crippen molar-refractivity contribution >= 4 is 32.9 Å². The second-order valence-electron chi connectivity index (χ2n) is 4.63. The zero-order chi connectivity index (χ0) is 14.1. The van der Waals surface area contributed by atoms with Crippen molar-refractivity contribution in [2.45, 2.75) is 6.54 Å². The minimum atomic E-state index is 0.0117. The van der Waals surface area contributed by atoms with Crippen LogP contribution in [0.25, 0.3) is 11.1 Å². The van der Waals surface area contributed by atoms with Gasteiger partial charge in [0.1, 0.15) is 5.69 Å². The average molecular weight is 339 g/mol. The fourth-order valence-electron chi connectivity index (χ4n) is 2.44. The van der Waals surface area contributed by atoms with Gasteiger partial charge in [0.25, 0.3) is 5.91 Å². The van der Waals surface area contributed by atoms with Crippen LogP contribution in [0, 0.1) is 0 Å². The Labute approximate surface area is 124 Å². The van der Waals surface area contributed by atoms with E-state index in [0.29, 0.717) is 48.8 Å². The molecule has 20 heavy (non-hydrogen) atoms. The third kappa shape index (κ3) is 2.29. The number of morpholine rings is 1. The fraction of sp³-hybridized carbons (Fsp3) is 0.357. The molecule has 0 radical (unpaired) electrons. The molecule has 106 valence electrons. The maximum atomic E-state index is 12.6. The summed E-state index contributed by atoms with van der Waals surface area (Å²) in [5.41, 5.74) is 2.23. The van der Waals surface area contributed by atoms with Crippen molar-refractivity contribution in [2.75, 3.05) is 26.3 Å². The van der Waals surface area contributed by atoms with E-state index in [-0.39, 0.29) is 5.91 Å². The number of allylic oxidation sites excluding steroid dienone is 1. The number of carbonyl (C=O) groups excluding carboxylic acids is 1. The summed E-state index contributed by atoms with van der Waals surface area (Å²) < 4.78 is 13.4. The summed E-state index contributed by atoms with van der Waals surface area (Å²) in [4.78, 5) is 14.4. The molecule has 0 unspecified atom stereocenters. The number of nitrogens with zero attached hydrogens (tertiary/aromatic N) is 2. The van der Waals surface area contributed by atoms with Crippen LogP contribution in [-0.4, -0.2) is 41.7 Å². The molecule has 3 heterocycles. The topological polar surface area (TPSA) is 47.6 Å². The first-order chi connectivity index (χ1) is 9.70. The molecule has 1 saturated heterocycles. The van der Waals surface area contributed by atoms with Crippen molar-refractivity contribution in [2.24, 2.45) is 0 Å². The largest absolute Gasteiger partial charge is 0.448 e. The molecule has 0 atom stereocenters. The van der Waals surface area contributed by atoms with Crippen molar-refractivity contribution in [1.82, 2.24) is 9.47 Å². The van der Waals surface area contributed by atoms with Crippen LogP contribution in [0.2, 0.25) is 0 Å². The summed E-state index contributed by atoms with van der Waals surface area (Å²) in [7, 11) is 0. The summed E-state index contributed by atoms with van der Waals surface area (Å²) in [5.74, 6) is 0.0117. The fourth-order valence-corrected chi connectivity index (χ4v) is 2.83. The number of rotatable bonds is 3. The van der Waals surface area contributed by atoms with Gasteiger partial charge in [0, 0.05) is 31.8 Å². The molecule has 6 heteroatoms. The van der Waals surface area contributed by atoms with E-state index in [1.54, 1.807) is 12.1 Å². The van der Waals surface area contributed by atoms with E-state index < -0.39 is 0 Å². The van der Waals surface area contributed by atoms with E-state index >= 15 is 0 Å². The van der Waals surface area contributed by atoms with Gasteiger partial charge in [-0.2, -0.15) is 0 Å². The van der Waals surface area contributed by atoms with Crippen molar-refractivity contribution in [3.8, 4) is 0 Å². The number of amides is 1. The van der Waals surface area contributed by atoms with Gasteiger partial charge in [-0.3, -0.25) is 4.79 Å². The van der Waals surface area contributed by atoms with Crippen molar-refractivity contribution < 1.29 is 13.9 Å². The molecule has 1 fully saturated rings. The molecule has 3 rings (SSSR count). The summed E-state index contributed by atoms with van der Waals surface area (Å²) in [6.07, 6.45) is 1.77. The van der Waals surface area contributed by atoms with E-state index in [2.05, 4.69) is 22.5 Å². The number of carbonyl (C=O) groups is 1. The summed E-state index contributed by atoms with van der Waals surface area (Å²) in [5, 5.41) is 0. The maximum Gasteiger partial charge on any atom is 0.270 e. The Balaban J connectivity index is 2.00. The van der Waals surface area contributed by atoms with Crippen molar-refractivity contribution in [1.29, 1.82) is 0 Å². The van der Waals surface area contributed by atoms with Crippen LogP contribution < -0.4 is 0 Å². The molecule has 0 aromatic carbocycles. The molecule has 0 bridgehead atoms. The highest BCUT2D eigenvalue weighted by atomic mass is 79.9. The SMILES string of the molecule is C=CCn1c(C(=O)N2CCOCC2)cc2oc(Br)cc21. The lowest BCUT2D eigenvalue weighted by atomic mass is 10.3. The molecule has 1 aliphatic heterocycles. The zero-order valence-electron chi connectivity index (χ0n) is 11.0. The molecule has 0 spiro atoms. The molecule has 2 aromatic heterocycles. The monoisotopic (exact) mass is 338 g/mol. The molecule has 5 nitrogen and oxygen atoms in total. The maximum absolute atomic E-state index is 12.6. The Morgan fingerprint density at radius 1 is 1.40 bits per heavy atom. The van der Waals surface area contributed by atoms with Crippen LogP contribution in [0.3, 0.4) is 0 Å². The summed E-state index contributed by atoms with van der Waals surface area (Å²) in [6, 6.07) is 3.66. The van der Waals surface area contributed by atoms with Gasteiger partial charge in [0.2, 0.25) is 0 Å². The Morgan fingerprint density at radius 2 is 2.15 bits per heavy atom. The second kappa shape index (κ2) is 5.46. The normalized spacial score (nSPS) is 15.8. The number of fused-ring (bicyclic) bond motifs is 1. The zero-order valence-corrected chi connectivity index (χ0v) is 12.6. The van der Waals surface area contributed by atoms with E-state index in [0.717, 1.165) is 5.52 Å². The van der Waals surface area contributed by atoms with Crippen LogP contribution in [0.1, 0.15) is 10.5 Å². The smallest absolute Gasteiger partial charge is 0.270 e. The van der Waals surface area contributed by atoms with E-state index in [1.807, 2.05) is 15.5 Å². The van der Waals surface area contributed by atoms with Gasteiger partial charge in [-0.1, -0.05) is 6.08 Å². The number of halogens is 1. The number of furan rings is 1. The van der Waals surface area contributed by atoms with Crippen LogP contribution in [-0.2, 0) is 11.3 Å². The first kappa shape index (κ1) is 13.5. The van der Waals surface area contributed by atoms with Crippen LogP contribution >= 0.6 is 15.9 Å². The van der Waals surface area contributed by atoms with Gasteiger partial charge in [0.15, 0.2) is 10.3 Å². The van der Waals surface area contributed by atoms with Gasteiger partial charge in [-0.05, 0) is 15.9 Å². The van der Waals surface area contributed by atoms with Crippen LogP contribution in [0.4, 0.5) is 0 Å². The standard InChI is InChI=1S/C14H15BrN2O3/c1-2-3-17-10-9-13(15)20-12(10)8-11(17)14(18)16-4-6-19-7-5-16/h2,8-9H,1,3-7H2. The molecule has 0 saturated carbocycles. The number of hydrogen-bond acceptors (Lipinski definition) is 3. The minimum Gasteiger partial charge on any atom is -0.448 e. The Bertz CT molecular complexity index is 653. The lowest BCUT2D eigenvalue weighted by molar-refractivity contribution is 0.0296. The van der Waals surface area contributed by atoms with Crippen LogP contribution in [0.5, 0.6) is 0 Å². The molecule has 0 aliphatic carbocycles. The molecular weight excluding hydrogens is 324 g/mol. The van der Waals surface area contributed by atoms with E-state index in [1.165, 1.54) is 0 Å². The predicted molar refractivity (Wildman–Crippen MR) is 78.8 cm³/mol. The Morgan fingerprint density at radius 3 is 2.85 bits per heavy atom. The highest BCUT2D eigenvalue weighted by molar-refractivity contribution is 9.10. The molecule has 1 aliphatic rings. The minimum absolute atomic E-state index is 0.0117. The first-order valence-corrected chi connectivity index (χ1v) is 7.26. The molecular formula is C14H15BrN2O3. The number of hydrogen-bond donors (Lipinski definition) is 0. The van der Waals surface area contributed by atoms with Crippen molar-refractivity contribution in [3.63, 3.8) is 0 Å². The van der Waals surface area contributed by atoms with E-state index in [9.17, 15) is 4.79 Å². The summed E-state index contributed by atoms with van der Waals surface area (Å²) >= 11 is 3.31. The highest BCUT2D eigenvalue weighted by Crippen LogP contribution is 2.27. The van der Waals surface area contributed by atoms with Crippen molar-refractivity contribution in [3.05, 3.63) is 35.2 Å². The first-order valence-electron chi connectivity index (χ1n) is 6.47. The lowest BCUT2D eigenvalue weighted by Gasteiger charge is -2.27. The van der Waals surface area contributed by atoms with Crippen LogP contribution in [0.15, 0.2) is 33.9 Å². The summed E-state index contributed by atoms with van der Waals surface area (Å²) in [6.45, 7) is 6.77. The van der Waals surface area contributed by atoms with Gasteiger partial charge < -0.3 is 18.6 Å². The average Bonchev–Trinajstić information content (AvgIpc) is 2.97. The van der Waals surface area contributed by atoms with Gasteiger partial charge >= 0.3 is 0 Å². The number of ether oxygens (including phenoxy) is 1. The van der Waals surface area contributed by atoms with Gasteiger partial charge in [-0.15, -0.1) is 6.58 Å². The third-order valence-corrected chi connectivity index (χ3v) is 3.78. The lowest BCUT2D eigenvalue weighted by Crippen LogP contribution is -2.41. The molecule has 1 amide bonds. The highest BCUT2D eigenvalue weighted by Gasteiger charge is 2.24. The molecule has 2 aromatic rings. The Kier molecular flexibility index (Phi) is 3.67. The predicted octanol–water partition coefficient (Wildman–Crippen LogP) is 2.66. The van der Waals surface area contributed by atoms with Gasteiger partial charge in [-0.25, -0.2) is 0 Å².